The summed E-state index contributed by atoms with van der Waals surface area (Å²) in [4.78, 5) is 29.4. The zero-order valence-electron chi connectivity index (χ0n) is 21.3. The number of fused-ring (bicyclic) bond motifs is 1. The first-order chi connectivity index (χ1) is 17.5. The Hall–Kier alpha value is -2.00. The minimum absolute atomic E-state index is 0.0383. The fourth-order valence-electron chi connectivity index (χ4n) is 7.38. The average Bonchev–Trinajstić information content (AvgIpc) is 3.36. The molecule has 6 rings (SSSR count). The lowest BCUT2D eigenvalue weighted by atomic mass is 9.63. The fourth-order valence-corrected chi connectivity index (χ4v) is 7.38. The third-order valence-electron chi connectivity index (χ3n) is 9.58. The van der Waals surface area contributed by atoms with Crippen LogP contribution in [0, 0.1) is 5.92 Å². The van der Waals surface area contributed by atoms with Gasteiger partial charge in [0.25, 0.3) is 5.91 Å². The lowest BCUT2D eigenvalue weighted by Crippen LogP contribution is -2.68. The van der Waals surface area contributed by atoms with Gasteiger partial charge in [0.05, 0.1) is 26.0 Å². The Labute approximate surface area is 213 Å². The third kappa shape index (κ3) is 4.26. The molecule has 2 saturated carbocycles. The maximum absolute atomic E-state index is 13.2. The van der Waals surface area contributed by atoms with Gasteiger partial charge in [0.2, 0.25) is 5.91 Å². The van der Waals surface area contributed by atoms with E-state index >= 15 is 0 Å². The van der Waals surface area contributed by atoms with Crippen LogP contribution in [0.25, 0.3) is 0 Å². The highest BCUT2D eigenvalue weighted by atomic mass is 16.5. The van der Waals surface area contributed by atoms with E-state index in [-0.39, 0.29) is 30.6 Å². The molecule has 0 aromatic heterocycles. The third-order valence-corrected chi connectivity index (χ3v) is 9.58. The number of nitrogens with two attached hydrogens (primary N) is 1. The summed E-state index contributed by atoms with van der Waals surface area (Å²) in [6, 6.07) is 8.32. The van der Waals surface area contributed by atoms with Gasteiger partial charge < -0.3 is 25.0 Å². The second-order valence-corrected chi connectivity index (χ2v) is 11.7. The summed E-state index contributed by atoms with van der Waals surface area (Å²) in [6.07, 6.45) is 10.4. The first-order valence-electron chi connectivity index (χ1n) is 13.9. The van der Waals surface area contributed by atoms with Crippen molar-refractivity contribution >= 4 is 11.8 Å². The molecule has 8 nitrogen and oxygen atoms in total. The van der Waals surface area contributed by atoms with Crippen molar-refractivity contribution in [1.29, 1.82) is 0 Å². The highest BCUT2D eigenvalue weighted by Gasteiger charge is 2.52. The number of nitrogens with one attached hydrogen (secondary N) is 1. The van der Waals surface area contributed by atoms with Gasteiger partial charge in [-0.15, -0.1) is 0 Å². The Kier molecular flexibility index (Phi) is 6.56. The predicted octanol–water partition coefficient (Wildman–Crippen LogP) is 2.23. The van der Waals surface area contributed by atoms with Crippen molar-refractivity contribution < 1.29 is 19.1 Å². The molecule has 8 heteroatoms. The normalized spacial score (nSPS) is 32.6. The first-order valence-corrected chi connectivity index (χ1v) is 13.9. The van der Waals surface area contributed by atoms with E-state index in [0.717, 1.165) is 24.8 Å². The zero-order valence-corrected chi connectivity index (χ0v) is 21.3. The SMILES string of the molecule is NC1(C(=O)N2CCN(C(=O)c3ccc(C4CCC5OCNC5(C5CCCCC5)C4)cc3)CC2)COC1. The van der Waals surface area contributed by atoms with Crippen LogP contribution in [0.4, 0.5) is 0 Å². The molecule has 3 N–H and O–H groups in total. The summed E-state index contributed by atoms with van der Waals surface area (Å²) in [7, 11) is 0. The van der Waals surface area contributed by atoms with Gasteiger partial charge in [-0.25, -0.2) is 0 Å². The molecule has 1 aromatic carbocycles. The molecule has 5 fully saturated rings. The lowest BCUT2D eigenvalue weighted by Gasteiger charge is -2.48. The van der Waals surface area contributed by atoms with E-state index in [2.05, 4.69) is 17.4 Å². The molecule has 2 amide bonds. The van der Waals surface area contributed by atoms with Crippen LogP contribution in [0.2, 0.25) is 0 Å². The molecule has 3 aliphatic heterocycles. The largest absolute Gasteiger partial charge is 0.376 e. The molecule has 3 unspecified atom stereocenters. The Balaban J connectivity index is 1.08. The maximum Gasteiger partial charge on any atom is 0.253 e. The van der Waals surface area contributed by atoms with Crippen LogP contribution < -0.4 is 11.1 Å². The summed E-state index contributed by atoms with van der Waals surface area (Å²) < 4.78 is 11.3. The molecule has 3 heterocycles. The van der Waals surface area contributed by atoms with Crippen LogP contribution in [0.5, 0.6) is 0 Å². The molecule has 2 aliphatic carbocycles. The highest BCUT2D eigenvalue weighted by Crippen LogP contribution is 2.49. The van der Waals surface area contributed by atoms with Crippen LogP contribution in [0.15, 0.2) is 24.3 Å². The van der Waals surface area contributed by atoms with Gasteiger partial charge in [-0.3, -0.25) is 14.9 Å². The number of ether oxygens (including phenoxy) is 2. The maximum atomic E-state index is 13.2. The van der Waals surface area contributed by atoms with Gasteiger partial charge in [-0.1, -0.05) is 31.4 Å². The second kappa shape index (κ2) is 9.71. The molecule has 0 bridgehead atoms. The highest BCUT2D eigenvalue weighted by molar-refractivity contribution is 5.94. The van der Waals surface area contributed by atoms with Gasteiger partial charge in [-0.05, 0) is 61.6 Å². The molecule has 3 atom stereocenters. The fraction of sp³-hybridized carbons (Fsp3) is 0.714. The Morgan fingerprint density at radius 1 is 0.917 bits per heavy atom. The molecular formula is C28H40N4O4. The van der Waals surface area contributed by atoms with Crippen molar-refractivity contribution in [3.05, 3.63) is 35.4 Å². The summed E-state index contributed by atoms with van der Waals surface area (Å²) in [6.45, 7) is 3.34. The van der Waals surface area contributed by atoms with Gasteiger partial charge in [0.1, 0.15) is 5.54 Å². The summed E-state index contributed by atoms with van der Waals surface area (Å²) in [5.74, 6) is 1.18. The molecular weight excluding hydrogens is 456 g/mol. The van der Waals surface area contributed by atoms with Crippen LogP contribution in [-0.2, 0) is 14.3 Å². The van der Waals surface area contributed by atoms with Crippen LogP contribution in [0.3, 0.4) is 0 Å². The average molecular weight is 497 g/mol. The quantitative estimate of drug-likeness (QED) is 0.664. The summed E-state index contributed by atoms with van der Waals surface area (Å²) in [5, 5.41) is 3.82. The molecule has 196 valence electrons. The van der Waals surface area contributed by atoms with Crippen molar-refractivity contribution in [2.75, 3.05) is 46.1 Å². The van der Waals surface area contributed by atoms with Crippen LogP contribution >= 0.6 is 0 Å². The Bertz CT molecular complexity index is 966. The standard InChI is InChI=1S/C28H40N4O4/c29-27(17-35-18-27)26(34)32-14-12-31(13-15-32)25(33)21-8-6-20(7-9-21)22-10-11-24-28(16-22,30-19-36-24)23-4-2-1-3-5-23/h6-9,22-24,30H,1-5,10-19,29H2. The minimum Gasteiger partial charge on any atom is -0.376 e. The number of carbonyl (C=O) groups is 2. The van der Waals surface area contributed by atoms with E-state index in [0.29, 0.717) is 50.8 Å². The smallest absolute Gasteiger partial charge is 0.253 e. The van der Waals surface area contributed by atoms with Crippen LogP contribution in [0.1, 0.15) is 73.2 Å². The number of carbonyl (C=O) groups excluding carboxylic acids is 2. The lowest BCUT2D eigenvalue weighted by molar-refractivity contribution is -0.155. The van der Waals surface area contributed by atoms with Crippen molar-refractivity contribution in [3.8, 4) is 0 Å². The van der Waals surface area contributed by atoms with E-state index < -0.39 is 5.54 Å². The molecule has 5 aliphatic rings. The van der Waals surface area contributed by atoms with Crippen LogP contribution in [-0.4, -0.2) is 84.9 Å². The number of rotatable bonds is 4. The van der Waals surface area contributed by atoms with Gasteiger partial charge in [0, 0.05) is 37.3 Å². The van der Waals surface area contributed by atoms with Gasteiger partial charge >= 0.3 is 0 Å². The van der Waals surface area contributed by atoms with Crippen molar-refractivity contribution in [2.45, 2.75) is 74.5 Å². The first kappa shape index (κ1) is 24.3. The van der Waals surface area contributed by atoms with E-state index in [4.69, 9.17) is 15.2 Å². The molecule has 36 heavy (non-hydrogen) atoms. The monoisotopic (exact) mass is 496 g/mol. The topological polar surface area (TPSA) is 97.1 Å². The Morgan fingerprint density at radius 3 is 2.28 bits per heavy atom. The molecule has 3 saturated heterocycles. The molecule has 0 radical (unpaired) electrons. The van der Waals surface area contributed by atoms with Crippen molar-refractivity contribution in [3.63, 3.8) is 0 Å². The number of piperazine rings is 1. The number of benzene rings is 1. The minimum atomic E-state index is -0.878. The van der Waals surface area contributed by atoms with Gasteiger partial charge in [-0.2, -0.15) is 0 Å². The second-order valence-electron chi connectivity index (χ2n) is 11.7. The number of nitrogens with zero attached hydrogens (tertiary/aromatic N) is 2. The number of hydrogen-bond acceptors (Lipinski definition) is 6. The number of hydrogen-bond donors (Lipinski definition) is 2. The van der Waals surface area contributed by atoms with Crippen molar-refractivity contribution in [1.82, 2.24) is 15.1 Å². The molecule has 1 aromatic rings. The summed E-state index contributed by atoms with van der Waals surface area (Å²) >= 11 is 0. The number of amides is 2. The Morgan fingerprint density at radius 2 is 1.61 bits per heavy atom. The van der Waals surface area contributed by atoms with Gasteiger partial charge in [0.15, 0.2) is 0 Å². The van der Waals surface area contributed by atoms with E-state index in [1.54, 1.807) is 4.90 Å². The van der Waals surface area contributed by atoms with E-state index in [1.807, 2.05) is 17.0 Å². The molecule has 0 spiro atoms. The van der Waals surface area contributed by atoms with E-state index in [9.17, 15) is 9.59 Å². The predicted molar refractivity (Wildman–Crippen MR) is 135 cm³/mol. The summed E-state index contributed by atoms with van der Waals surface area (Å²) in [5.41, 5.74) is 7.40. The van der Waals surface area contributed by atoms with Crippen molar-refractivity contribution in [2.24, 2.45) is 11.7 Å². The zero-order chi connectivity index (χ0) is 24.8. The van der Waals surface area contributed by atoms with E-state index in [1.165, 1.54) is 37.7 Å².